The van der Waals surface area contributed by atoms with E-state index in [1.54, 1.807) is 60.7 Å². The van der Waals surface area contributed by atoms with E-state index in [-0.39, 0.29) is 133 Å². The molecule has 2 aliphatic heterocycles. The fourth-order valence-corrected chi connectivity index (χ4v) is 15.9. The van der Waals surface area contributed by atoms with E-state index in [4.69, 9.17) is 0 Å². The Bertz CT molecular complexity index is 3330. The molecule has 12 nitrogen and oxygen atoms in total. The van der Waals surface area contributed by atoms with E-state index in [0.29, 0.717) is 22.6 Å². The average Bonchev–Trinajstić information content (AvgIpc) is 3.62. The maximum atomic E-state index is 13.1. The summed E-state index contributed by atoms with van der Waals surface area (Å²) >= 11 is 0. The van der Waals surface area contributed by atoms with Gasteiger partial charge in [0.05, 0.1) is 42.6 Å². The van der Waals surface area contributed by atoms with Gasteiger partial charge < -0.3 is 49.4 Å². The van der Waals surface area contributed by atoms with Crippen molar-refractivity contribution in [3.8, 4) is 22.3 Å². The number of pyridine rings is 2. The number of hydrogen-bond donors (Lipinski definition) is 0. The van der Waals surface area contributed by atoms with Crippen molar-refractivity contribution in [2.24, 2.45) is 0 Å². The van der Waals surface area contributed by atoms with Gasteiger partial charge in [-0.3, -0.25) is 9.80 Å². The third-order valence-electron chi connectivity index (χ3n) is 14.7. The third-order valence-corrected chi connectivity index (χ3v) is 21.9. The molecule has 0 N–H and O–H groups in total. The molecule has 2 aliphatic rings. The van der Waals surface area contributed by atoms with Crippen LogP contribution in [-0.2, 0) is 52.4 Å². The van der Waals surface area contributed by atoms with E-state index in [2.05, 4.69) is 58.8 Å². The van der Waals surface area contributed by atoms with Gasteiger partial charge in [0.2, 0.25) is 0 Å². The monoisotopic (exact) mass is 1450 g/mol. The molecule has 0 atom stereocenters. The van der Waals surface area contributed by atoms with Gasteiger partial charge in [-0.2, -0.15) is 0 Å². The number of aromatic nitrogens is 2. The number of aryl methyl sites for hydroxylation is 2. The van der Waals surface area contributed by atoms with Gasteiger partial charge in [0.15, 0.2) is 64.1 Å². The summed E-state index contributed by atoms with van der Waals surface area (Å²) in [5, 5.41) is 0. The predicted octanol–water partition coefficient (Wildman–Crippen LogP) is 1.90. The van der Waals surface area contributed by atoms with Crippen LogP contribution >= 0.6 is 0 Å². The first-order chi connectivity index (χ1) is 38.4. The smallest absolute Gasteiger partial charge is 1.00 e. The molecule has 449 valence electrons. The standard InChI is InChI=1S/C32H44N2O4S2.C32H38N2O4S2.B.2HI.Na.H/c2*1-3-17-33-19-13-27(14-20-33)29-9-7-11-31(25-29)39(35,36)23-5-6-24-40(37,38)32-12-8-10-30(26-32)28-15-21-34(18-4-2)22-16-28;;;;;/h7-13,15,25-26H,3-6,14,16-24H2,1-2H3;7-16,19-22,25-26H,3-6,17-18,23-24H2,1-2H3;;2*1H;;/q;+2;;;;+1;-1/p-2. The molecule has 4 heterocycles. The molecule has 0 saturated heterocycles. The Hall–Kier alpha value is -3.10. The van der Waals surface area contributed by atoms with Gasteiger partial charge in [-0.1, -0.05) is 88.4 Å². The summed E-state index contributed by atoms with van der Waals surface area (Å²) in [7, 11) is -14.1. The molecule has 6 aromatic rings. The van der Waals surface area contributed by atoms with E-state index < -0.39 is 39.3 Å². The Labute approximate surface area is 563 Å². The minimum absolute atomic E-state index is 0. The van der Waals surface area contributed by atoms with Crippen LogP contribution in [0.15, 0.2) is 178 Å². The van der Waals surface area contributed by atoms with Crippen LogP contribution in [0.1, 0.15) is 104 Å². The summed E-state index contributed by atoms with van der Waals surface area (Å²) in [6.45, 7) is 16.4. The molecule has 8 rings (SSSR count). The van der Waals surface area contributed by atoms with Gasteiger partial charge in [-0.05, 0) is 158 Å². The number of benzene rings is 4. The fraction of sp³-hybridized carbons (Fsp3) is 0.406. The van der Waals surface area contributed by atoms with Crippen LogP contribution in [0, 0.1) is 0 Å². The number of halogens is 2. The van der Waals surface area contributed by atoms with Crippen molar-refractivity contribution in [1.29, 1.82) is 0 Å². The van der Waals surface area contributed by atoms with Gasteiger partial charge in [0, 0.05) is 71.7 Å². The summed E-state index contributed by atoms with van der Waals surface area (Å²) in [5.74, 6) is -0.314. The number of unbranched alkanes of at least 4 members (excludes halogenated alkanes) is 2. The zero-order valence-corrected chi connectivity index (χ0v) is 59.2. The van der Waals surface area contributed by atoms with E-state index >= 15 is 0 Å². The molecule has 0 spiro atoms. The minimum atomic E-state index is -3.54. The second-order valence-corrected chi connectivity index (χ2v) is 29.4. The minimum Gasteiger partial charge on any atom is -1.00 e. The first-order valence-corrected chi connectivity index (χ1v) is 35.2. The van der Waals surface area contributed by atoms with Crippen molar-refractivity contribution in [1.82, 2.24) is 9.80 Å². The maximum Gasteiger partial charge on any atom is 1.00 e. The molecule has 84 heavy (non-hydrogen) atoms. The molecular formula is C64H83BI2N4NaO8S4. The van der Waals surface area contributed by atoms with Crippen LogP contribution < -0.4 is 86.6 Å². The molecule has 0 amide bonds. The van der Waals surface area contributed by atoms with Crippen LogP contribution in [-0.4, -0.2) is 114 Å². The summed E-state index contributed by atoms with van der Waals surface area (Å²) in [6, 6.07) is 36.3. The first-order valence-electron chi connectivity index (χ1n) is 28.6. The molecule has 0 unspecified atom stereocenters. The maximum absolute atomic E-state index is 13.1. The van der Waals surface area contributed by atoms with E-state index in [1.807, 2.05) is 85.5 Å². The molecule has 0 bridgehead atoms. The van der Waals surface area contributed by atoms with Gasteiger partial charge in [0.1, 0.15) is 13.1 Å². The van der Waals surface area contributed by atoms with E-state index in [0.717, 1.165) is 124 Å². The summed E-state index contributed by atoms with van der Waals surface area (Å²) < 4.78 is 109. The van der Waals surface area contributed by atoms with Gasteiger partial charge in [0.25, 0.3) is 0 Å². The fourth-order valence-electron chi connectivity index (χ4n) is 10.3. The van der Waals surface area contributed by atoms with Crippen molar-refractivity contribution < 1.29 is 122 Å². The molecular weight excluding hydrogens is 1370 g/mol. The number of rotatable bonds is 26. The van der Waals surface area contributed by atoms with Crippen LogP contribution in [0.25, 0.3) is 33.4 Å². The van der Waals surface area contributed by atoms with Crippen LogP contribution in [0.5, 0.6) is 0 Å². The molecule has 20 heteroatoms. The molecule has 4 aromatic carbocycles. The quantitative estimate of drug-likeness (QED) is 0.0342. The van der Waals surface area contributed by atoms with Crippen LogP contribution in [0.4, 0.5) is 0 Å². The van der Waals surface area contributed by atoms with Crippen LogP contribution in [0.2, 0.25) is 0 Å². The summed E-state index contributed by atoms with van der Waals surface area (Å²) in [5.41, 5.74) is 7.90. The Kier molecular flexibility index (Phi) is 32.6. The Morgan fingerprint density at radius 2 is 0.690 bits per heavy atom. The molecule has 3 radical (unpaired) electrons. The molecule has 0 saturated carbocycles. The second kappa shape index (κ2) is 36.4. The number of sulfone groups is 4. The van der Waals surface area contributed by atoms with Crippen LogP contribution in [0.3, 0.4) is 0 Å². The Morgan fingerprint density at radius 1 is 0.405 bits per heavy atom. The topological polar surface area (TPSA) is 151 Å². The van der Waals surface area contributed by atoms with Gasteiger partial charge in [-0.25, -0.2) is 42.8 Å². The zero-order chi connectivity index (χ0) is 57.2. The van der Waals surface area contributed by atoms with E-state index in [1.165, 1.54) is 11.1 Å². The number of hydrogen-bond acceptors (Lipinski definition) is 10. The number of nitrogens with zero attached hydrogens (tertiary/aromatic N) is 4. The normalized spacial score (nSPS) is 14.0. The Morgan fingerprint density at radius 3 is 0.952 bits per heavy atom. The summed E-state index contributed by atoms with van der Waals surface area (Å²) in [4.78, 5) is 5.96. The van der Waals surface area contributed by atoms with Crippen molar-refractivity contribution in [3.63, 3.8) is 0 Å². The van der Waals surface area contributed by atoms with Gasteiger partial charge in [-0.15, -0.1) is 0 Å². The van der Waals surface area contributed by atoms with Crippen molar-refractivity contribution >= 4 is 58.9 Å². The Balaban J connectivity index is 0.000000548. The van der Waals surface area contributed by atoms with Crippen molar-refractivity contribution in [2.75, 3.05) is 62.3 Å². The molecule has 0 aliphatic carbocycles. The third kappa shape index (κ3) is 22.2. The molecule has 0 fully saturated rings. The van der Waals surface area contributed by atoms with Crippen molar-refractivity contribution in [2.45, 2.75) is 125 Å². The van der Waals surface area contributed by atoms with E-state index in [9.17, 15) is 33.7 Å². The van der Waals surface area contributed by atoms with Gasteiger partial charge >= 0.3 is 29.6 Å². The zero-order valence-electron chi connectivity index (χ0n) is 50.6. The SMILES string of the molecule is CCCN1CC=C(c2cccc(S(=O)(=O)CCCCS(=O)(=O)c3cccc(C4=CCN(CCC)CC4)c3)c2)CC1.CCC[n+]1ccc(-c2cccc(S(=O)(=O)CCCCS(=O)(=O)c3cccc(-c4cc[n+](CCC)cc4)c3)c2)cc1.[B].[H-].[I-].[I-].[Na+]. The first kappa shape index (κ1) is 75.2. The average molecular weight is 1450 g/mol. The molecule has 2 aromatic heterocycles. The largest absolute Gasteiger partial charge is 1.00 e. The van der Waals surface area contributed by atoms with Crippen molar-refractivity contribution in [3.05, 3.63) is 169 Å². The summed E-state index contributed by atoms with van der Waals surface area (Å²) in [6.07, 6.45) is 19.7. The second-order valence-electron chi connectivity index (χ2n) is 21.0. The predicted molar refractivity (Wildman–Crippen MR) is 330 cm³/mol.